The molecule has 2 radical (unpaired) electrons. The van der Waals surface area contributed by atoms with Crippen LogP contribution >= 0.6 is 0 Å². The number of aliphatic hydroxyl groups is 2. The number of carboxylic acid groups (broad SMARTS) is 2. The van der Waals surface area contributed by atoms with Crippen molar-refractivity contribution < 1.29 is 81.4 Å². The van der Waals surface area contributed by atoms with Crippen molar-refractivity contribution in [3.05, 3.63) is 0 Å². The molecule has 0 aromatic heterocycles. The van der Waals surface area contributed by atoms with Gasteiger partial charge in [0.1, 0.15) is 12.2 Å². The number of aliphatic hydroxyl groups excluding tert-OH is 2. The Hall–Kier alpha value is 1.30. The third kappa shape index (κ3) is 6.77. The van der Waals surface area contributed by atoms with E-state index in [1.54, 1.807) is 0 Å². The molecule has 0 aromatic rings. The first-order valence-electron chi connectivity index (χ1n) is 2.24. The van der Waals surface area contributed by atoms with Crippen molar-refractivity contribution in [2.24, 2.45) is 0 Å². The summed E-state index contributed by atoms with van der Waals surface area (Å²) >= 11 is 0. The van der Waals surface area contributed by atoms with E-state index in [4.69, 9.17) is 10.2 Å². The number of carboxylic acids is 2. The predicted molar refractivity (Wildman–Crippen MR) is 27.8 cm³/mol. The molecule has 0 aromatic carbocycles. The summed E-state index contributed by atoms with van der Waals surface area (Å²) in [6.45, 7) is 0. The Balaban J connectivity index is -0.000000405. The first-order valence-corrected chi connectivity index (χ1v) is 2.24. The van der Waals surface area contributed by atoms with E-state index in [1.165, 1.54) is 0 Å². The van der Waals surface area contributed by atoms with Gasteiger partial charge in [-0.05, 0) is 0 Å². The van der Waals surface area contributed by atoms with Crippen LogP contribution in [-0.4, -0.2) is 58.3 Å². The van der Waals surface area contributed by atoms with Gasteiger partial charge in [0.25, 0.3) is 0 Å². The molecule has 0 saturated carbocycles. The van der Waals surface area contributed by atoms with Crippen LogP contribution in [0.4, 0.5) is 0 Å². The third-order valence-electron chi connectivity index (χ3n) is 0.782. The molecule has 0 amide bonds. The molecule has 0 aliphatic heterocycles. The Morgan fingerprint density at radius 1 is 1.00 bits per heavy atom. The van der Waals surface area contributed by atoms with Crippen LogP contribution in [0.5, 0.6) is 0 Å². The summed E-state index contributed by atoms with van der Waals surface area (Å²) in [5, 5.41) is 35.7. The molecule has 12 heavy (non-hydrogen) atoms. The van der Waals surface area contributed by atoms with Crippen LogP contribution in [0, 0.1) is 0 Å². The van der Waals surface area contributed by atoms with Crippen molar-refractivity contribution in [2.75, 3.05) is 0 Å². The Kier molecular flexibility index (Phi) is 14.0. The Morgan fingerprint density at radius 2 is 1.17 bits per heavy atom. The van der Waals surface area contributed by atoms with Gasteiger partial charge in [-0.15, -0.1) is 0 Å². The SMILES string of the molecule is O=C([O-])C(O)C(O)C(=O)[O-].[K+].[Sn+2]. The molecule has 0 heterocycles. The second kappa shape index (κ2) is 8.87. The molecule has 0 spiro atoms. The molecular weight excluding hydrogens is 302 g/mol. The van der Waals surface area contributed by atoms with Gasteiger partial charge in [-0.3, -0.25) is 0 Å². The molecule has 0 bridgehead atoms. The molecule has 0 aliphatic rings. The fourth-order valence-electron chi connectivity index (χ4n) is 0.258. The predicted octanol–water partition coefficient (Wildman–Crippen LogP) is -8.17. The Bertz CT molecular complexity index is 144. The molecule has 0 rings (SSSR count). The molecule has 2 atom stereocenters. The van der Waals surface area contributed by atoms with Crippen molar-refractivity contribution in [3.8, 4) is 0 Å². The summed E-state index contributed by atoms with van der Waals surface area (Å²) < 4.78 is 0. The zero-order chi connectivity index (χ0) is 8.31. The second-order valence-electron chi connectivity index (χ2n) is 1.53. The van der Waals surface area contributed by atoms with Gasteiger partial charge in [0.15, 0.2) is 0 Å². The molecule has 2 N–H and O–H groups in total. The van der Waals surface area contributed by atoms with E-state index in [9.17, 15) is 19.8 Å². The number of aliphatic carboxylic acids is 2. The maximum Gasteiger partial charge on any atom is 2.00 e. The summed E-state index contributed by atoms with van der Waals surface area (Å²) in [6.07, 6.45) is -4.88. The molecule has 8 heteroatoms. The molecule has 0 aliphatic carbocycles. The number of hydrogen-bond acceptors (Lipinski definition) is 6. The van der Waals surface area contributed by atoms with Crippen LogP contribution in [0.1, 0.15) is 0 Å². The zero-order valence-corrected chi connectivity index (χ0v) is 12.2. The normalized spacial score (nSPS) is 13.2. The number of carbonyl (C=O) groups is 2. The van der Waals surface area contributed by atoms with Crippen molar-refractivity contribution in [2.45, 2.75) is 12.2 Å². The largest absolute Gasteiger partial charge is 2.00 e. The van der Waals surface area contributed by atoms with E-state index in [0.29, 0.717) is 0 Å². The number of rotatable bonds is 3. The van der Waals surface area contributed by atoms with Gasteiger partial charge in [0, 0.05) is 0 Å². The number of hydrogen-bond donors (Lipinski definition) is 2. The Labute approximate surface area is 127 Å². The zero-order valence-electron chi connectivity index (χ0n) is 6.18. The Morgan fingerprint density at radius 3 is 1.25 bits per heavy atom. The number of carbonyl (C=O) groups excluding carboxylic acids is 2. The topological polar surface area (TPSA) is 121 Å². The molecule has 6 nitrogen and oxygen atoms in total. The van der Waals surface area contributed by atoms with E-state index in [0.717, 1.165) is 0 Å². The van der Waals surface area contributed by atoms with E-state index >= 15 is 0 Å². The van der Waals surface area contributed by atoms with Gasteiger partial charge >= 0.3 is 75.3 Å². The van der Waals surface area contributed by atoms with Crippen LogP contribution in [0.3, 0.4) is 0 Å². The van der Waals surface area contributed by atoms with Crippen molar-refractivity contribution in [1.82, 2.24) is 0 Å². The van der Waals surface area contributed by atoms with E-state index in [-0.39, 0.29) is 75.3 Å². The third-order valence-corrected chi connectivity index (χ3v) is 0.782. The van der Waals surface area contributed by atoms with Crippen LogP contribution in [0.15, 0.2) is 0 Å². The molecule has 60 valence electrons. The average Bonchev–Trinajstić information content (AvgIpc) is 1.84. The fourth-order valence-corrected chi connectivity index (χ4v) is 0.258. The molecule has 0 fully saturated rings. The van der Waals surface area contributed by atoms with Gasteiger partial charge in [0.05, 0.1) is 11.9 Å². The smallest absolute Gasteiger partial charge is 0.547 e. The van der Waals surface area contributed by atoms with Gasteiger partial charge in [-0.2, -0.15) is 0 Å². The first kappa shape index (κ1) is 19.0. The standard InChI is InChI=1S/C4H6O6.K.Sn/c5-1(3(7)8)2(6)4(9)10;;/h1-2,5-6H,(H,7,8)(H,9,10);;/q;+1;+2/p-2. The maximum absolute atomic E-state index is 9.63. The van der Waals surface area contributed by atoms with Crippen LogP contribution in [0.2, 0.25) is 0 Å². The second-order valence-corrected chi connectivity index (χ2v) is 1.53. The summed E-state index contributed by atoms with van der Waals surface area (Å²) in [7, 11) is 0. The summed E-state index contributed by atoms with van der Waals surface area (Å²) in [5.74, 6) is -4.12. The van der Waals surface area contributed by atoms with Crippen molar-refractivity contribution >= 4 is 35.8 Å². The fraction of sp³-hybridized carbons (Fsp3) is 0.500. The van der Waals surface area contributed by atoms with E-state index in [2.05, 4.69) is 0 Å². The maximum atomic E-state index is 9.63. The van der Waals surface area contributed by atoms with Gasteiger partial charge in [-0.25, -0.2) is 0 Å². The van der Waals surface area contributed by atoms with Crippen molar-refractivity contribution in [1.29, 1.82) is 0 Å². The van der Waals surface area contributed by atoms with E-state index < -0.39 is 24.1 Å². The monoisotopic (exact) mass is 307 g/mol. The minimum atomic E-state index is -2.44. The van der Waals surface area contributed by atoms with Crippen molar-refractivity contribution in [3.63, 3.8) is 0 Å². The van der Waals surface area contributed by atoms with Gasteiger partial charge in [0.2, 0.25) is 0 Å². The average molecular weight is 306 g/mol. The quantitative estimate of drug-likeness (QED) is 0.500. The van der Waals surface area contributed by atoms with Gasteiger partial charge in [-0.1, -0.05) is 0 Å². The first-order chi connectivity index (χ1) is 4.46. The molecule has 0 saturated heterocycles. The van der Waals surface area contributed by atoms with E-state index in [1.807, 2.05) is 0 Å². The molecule has 2 unspecified atom stereocenters. The molecular formula is C4H4KO6Sn+. The summed E-state index contributed by atoms with van der Waals surface area (Å²) in [4.78, 5) is 19.3. The summed E-state index contributed by atoms with van der Waals surface area (Å²) in [5.41, 5.74) is 0. The van der Waals surface area contributed by atoms with Crippen LogP contribution in [-0.2, 0) is 9.59 Å². The summed E-state index contributed by atoms with van der Waals surface area (Å²) in [6, 6.07) is 0. The van der Waals surface area contributed by atoms with Crippen LogP contribution in [0.25, 0.3) is 0 Å². The van der Waals surface area contributed by atoms with Gasteiger partial charge < -0.3 is 30.0 Å². The minimum Gasteiger partial charge on any atom is -0.547 e. The minimum absolute atomic E-state index is 0. The van der Waals surface area contributed by atoms with Crippen LogP contribution < -0.4 is 61.6 Å².